The highest BCUT2D eigenvalue weighted by molar-refractivity contribution is 9.10. The Labute approximate surface area is 132 Å². The fourth-order valence-corrected chi connectivity index (χ4v) is 3.34. The van der Waals surface area contributed by atoms with Crippen molar-refractivity contribution in [3.63, 3.8) is 0 Å². The fourth-order valence-electron chi connectivity index (χ4n) is 2.57. The van der Waals surface area contributed by atoms with E-state index >= 15 is 0 Å². The van der Waals surface area contributed by atoms with Crippen LogP contribution in [0.2, 0.25) is 5.02 Å². The number of rotatable bonds is 4. The predicted octanol–water partition coefficient (Wildman–Crippen LogP) is 4.73. The van der Waals surface area contributed by atoms with Gasteiger partial charge in [0.15, 0.2) is 0 Å². The minimum atomic E-state index is 0.0157. The maximum Gasteiger partial charge on any atom is 0.255 e. The molecule has 1 aliphatic rings. The summed E-state index contributed by atoms with van der Waals surface area (Å²) in [6.45, 7) is 0.587. The molecule has 0 spiro atoms. The second kappa shape index (κ2) is 6.96. The second-order valence-electron chi connectivity index (χ2n) is 4.75. The Morgan fingerprint density at radius 2 is 2.05 bits per heavy atom. The van der Waals surface area contributed by atoms with Crippen molar-refractivity contribution in [3.05, 3.63) is 33.3 Å². The van der Waals surface area contributed by atoms with Crippen LogP contribution >= 0.6 is 39.1 Å². The molecule has 0 aliphatic heterocycles. The van der Waals surface area contributed by atoms with E-state index < -0.39 is 0 Å². The van der Waals surface area contributed by atoms with E-state index in [1.54, 1.807) is 12.1 Å². The van der Waals surface area contributed by atoms with E-state index in [1.807, 2.05) is 11.0 Å². The van der Waals surface area contributed by atoms with Crippen LogP contribution in [0.3, 0.4) is 0 Å². The van der Waals surface area contributed by atoms with Gasteiger partial charge in [0.2, 0.25) is 0 Å². The van der Waals surface area contributed by atoms with Gasteiger partial charge >= 0.3 is 0 Å². The van der Waals surface area contributed by atoms with E-state index in [1.165, 1.54) is 12.8 Å². The smallest absolute Gasteiger partial charge is 0.255 e. The average Bonchev–Trinajstić information content (AvgIpc) is 2.92. The van der Waals surface area contributed by atoms with Crippen molar-refractivity contribution in [2.24, 2.45) is 0 Å². The van der Waals surface area contributed by atoms with E-state index in [2.05, 4.69) is 15.9 Å². The number of hydrogen-bond acceptors (Lipinski definition) is 1. The van der Waals surface area contributed by atoms with Gasteiger partial charge in [-0.25, -0.2) is 0 Å². The zero-order valence-electron chi connectivity index (χ0n) is 10.5. The number of carbonyl (C=O) groups excluding carboxylic acids is 1. The lowest BCUT2D eigenvalue weighted by atomic mass is 10.1. The lowest BCUT2D eigenvalue weighted by Crippen LogP contribution is -2.40. The van der Waals surface area contributed by atoms with Gasteiger partial charge in [0.1, 0.15) is 0 Å². The van der Waals surface area contributed by atoms with Gasteiger partial charge in [0.25, 0.3) is 5.91 Å². The molecule has 0 saturated heterocycles. The minimum absolute atomic E-state index is 0.0157. The normalized spacial score (nSPS) is 15.7. The molecule has 1 aromatic rings. The molecule has 104 valence electrons. The van der Waals surface area contributed by atoms with Crippen LogP contribution in [-0.2, 0) is 0 Å². The molecule has 0 radical (unpaired) electrons. The van der Waals surface area contributed by atoms with Crippen LogP contribution in [0.25, 0.3) is 0 Å². The molecule has 0 unspecified atom stereocenters. The lowest BCUT2D eigenvalue weighted by Gasteiger charge is -2.28. The van der Waals surface area contributed by atoms with Gasteiger partial charge in [0, 0.05) is 28.0 Å². The molecule has 0 N–H and O–H groups in total. The molecular formula is C14H16BrCl2NO. The van der Waals surface area contributed by atoms with Crippen LogP contribution in [0.1, 0.15) is 36.0 Å². The molecule has 5 heteroatoms. The lowest BCUT2D eigenvalue weighted by molar-refractivity contribution is 0.0694. The van der Waals surface area contributed by atoms with Gasteiger partial charge in [-0.2, -0.15) is 0 Å². The van der Waals surface area contributed by atoms with Crippen LogP contribution in [0.15, 0.2) is 22.7 Å². The average molecular weight is 365 g/mol. The van der Waals surface area contributed by atoms with Crippen molar-refractivity contribution < 1.29 is 4.79 Å². The number of halogens is 3. The summed E-state index contributed by atoms with van der Waals surface area (Å²) in [5, 5.41) is 0.573. The Bertz CT molecular complexity index is 461. The van der Waals surface area contributed by atoms with Crippen molar-refractivity contribution in [1.82, 2.24) is 4.90 Å². The molecule has 1 aliphatic carbocycles. The summed E-state index contributed by atoms with van der Waals surface area (Å²) < 4.78 is 0.777. The van der Waals surface area contributed by atoms with E-state index in [-0.39, 0.29) is 5.91 Å². The van der Waals surface area contributed by atoms with Gasteiger partial charge in [-0.05, 0) is 47.0 Å². The Hall–Kier alpha value is -0.250. The van der Waals surface area contributed by atoms with Gasteiger partial charge in [-0.15, -0.1) is 11.6 Å². The largest absolute Gasteiger partial charge is 0.334 e. The molecule has 19 heavy (non-hydrogen) atoms. The third kappa shape index (κ3) is 3.65. The van der Waals surface area contributed by atoms with Gasteiger partial charge in [-0.1, -0.05) is 24.4 Å². The molecule has 0 heterocycles. The maximum absolute atomic E-state index is 12.7. The van der Waals surface area contributed by atoms with Crippen molar-refractivity contribution in [2.75, 3.05) is 12.4 Å². The summed E-state index contributed by atoms with van der Waals surface area (Å²) in [7, 11) is 0. The third-order valence-corrected chi connectivity index (χ3v) is 4.61. The van der Waals surface area contributed by atoms with E-state index in [4.69, 9.17) is 23.2 Å². The van der Waals surface area contributed by atoms with Crippen LogP contribution in [0.4, 0.5) is 0 Å². The van der Waals surface area contributed by atoms with Crippen LogP contribution in [-0.4, -0.2) is 29.3 Å². The fraction of sp³-hybridized carbons (Fsp3) is 0.500. The topological polar surface area (TPSA) is 20.3 Å². The maximum atomic E-state index is 12.7. The monoisotopic (exact) mass is 363 g/mol. The standard InChI is InChI=1S/C14H16BrCl2NO/c15-13-6-5-10(17)9-12(13)14(19)18(8-7-16)11-3-1-2-4-11/h5-6,9,11H,1-4,7-8H2. The number of hydrogen-bond donors (Lipinski definition) is 0. The molecule has 1 aromatic carbocycles. The number of benzene rings is 1. The molecule has 2 nitrogen and oxygen atoms in total. The van der Waals surface area contributed by atoms with Crippen LogP contribution < -0.4 is 0 Å². The summed E-state index contributed by atoms with van der Waals surface area (Å²) in [4.78, 5) is 14.6. The first-order valence-corrected chi connectivity index (χ1v) is 8.16. The zero-order valence-corrected chi connectivity index (χ0v) is 13.6. The van der Waals surface area contributed by atoms with Crippen LogP contribution in [0.5, 0.6) is 0 Å². The van der Waals surface area contributed by atoms with E-state index in [9.17, 15) is 4.79 Å². The number of alkyl halides is 1. The van der Waals surface area contributed by atoms with Crippen molar-refractivity contribution in [2.45, 2.75) is 31.7 Å². The highest BCUT2D eigenvalue weighted by Crippen LogP contribution is 2.28. The Morgan fingerprint density at radius 1 is 1.37 bits per heavy atom. The first-order chi connectivity index (χ1) is 9.13. The molecule has 2 rings (SSSR count). The van der Waals surface area contributed by atoms with E-state index in [0.29, 0.717) is 29.1 Å². The first-order valence-electron chi connectivity index (χ1n) is 6.45. The molecule has 0 atom stereocenters. The van der Waals surface area contributed by atoms with Gasteiger partial charge in [-0.3, -0.25) is 4.79 Å². The van der Waals surface area contributed by atoms with Crippen molar-refractivity contribution in [1.29, 1.82) is 0 Å². The number of carbonyl (C=O) groups is 1. The minimum Gasteiger partial charge on any atom is -0.334 e. The van der Waals surface area contributed by atoms with Crippen LogP contribution in [0, 0.1) is 0 Å². The SMILES string of the molecule is O=C(c1cc(Cl)ccc1Br)N(CCCl)C1CCCC1. The Balaban J connectivity index is 2.25. The van der Waals surface area contributed by atoms with Crippen molar-refractivity contribution in [3.8, 4) is 0 Å². The molecule has 1 saturated carbocycles. The number of nitrogens with zero attached hydrogens (tertiary/aromatic N) is 1. The van der Waals surface area contributed by atoms with Crippen molar-refractivity contribution >= 4 is 45.0 Å². The van der Waals surface area contributed by atoms with Gasteiger partial charge < -0.3 is 4.90 Å². The molecule has 0 aromatic heterocycles. The van der Waals surface area contributed by atoms with E-state index in [0.717, 1.165) is 17.3 Å². The zero-order chi connectivity index (χ0) is 13.8. The third-order valence-electron chi connectivity index (χ3n) is 3.51. The first kappa shape index (κ1) is 15.1. The molecule has 1 fully saturated rings. The Kier molecular flexibility index (Phi) is 5.55. The quantitative estimate of drug-likeness (QED) is 0.707. The highest BCUT2D eigenvalue weighted by Gasteiger charge is 2.27. The summed E-state index contributed by atoms with van der Waals surface area (Å²) in [6.07, 6.45) is 4.52. The second-order valence-corrected chi connectivity index (χ2v) is 6.42. The Morgan fingerprint density at radius 3 is 2.68 bits per heavy atom. The summed E-state index contributed by atoms with van der Waals surface area (Å²) >= 11 is 15.3. The van der Waals surface area contributed by atoms with Gasteiger partial charge in [0.05, 0.1) is 5.56 Å². The summed E-state index contributed by atoms with van der Waals surface area (Å²) in [6, 6.07) is 5.61. The highest BCUT2D eigenvalue weighted by atomic mass is 79.9. The predicted molar refractivity (Wildman–Crippen MR) is 83.2 cm³/mol. The molecule has 1 amide bonds. The number of amides is 1. The molecular weight excluding hydrogens is 349 g/mol. The molecule has 0 bridgehead atoms. The summed E-state index contributed by atoms with van der Waals surface area (Å²) in [5.74, 6) is 0.474. The summed E-state index contributed by atoms with van der Waals surface area (Å²) in [5.41, 5.74) is 0.615.